The Morgan fingerprint density at radius 1 is 0.870 bits per heavy atom. The van der Waals surface area contributed by atoms with Gasteiger partial charge in [0.2, 0.25) is 5.79 Å². The molecule has 11 heteroatoms. The molecule has 2 rings (SSSR count). The van der Waals surface area contributed by atoms with Gasteiger partial charge in [-0.25, -0.2) is 0 Å². The van der Waals surface area contributed by atoms with Crippen LogP contribution in [0.5, 0.6) is 0 Å². The van der Waals surface area contributed by atoms with Gasteiger partial charge >= 0.3 is 0 Å². The van der Waals surface area contributed by atoms with E-state index < -0.39 is 74.6 Å². The molecule has 0 spiro atoms. The van der Waals surface area contributed by atoms with Crippen LogP contribution in [0.4, 0.5) is 0 Å². The maximum Gasteiger partial charge on any atom is 0.219 e. The standard InChI is InChI=1S/C12H22O11/c13-1-4-6(16)7(17)8(18)11(21-4)22-9-5(2-14)23-12(20,3-15)10(9)19/h4-11,13-20H,1-3H2/t4-,5-,6+,7+,8+,9+,10+,11+,12-/m0/s1. The van der Waals surface area contributed by atoms with Crippen LogP contribution in [0.3, 0.4) is 0 Å². The summed E-state index contributed by atoms with van der Waals surface area (Å²) < 4.78 is 15.3. The first-order valence-corrected chi connectivity index (χ1v) is 7.05. The first kappa shape index (κ1) is 18.9. The Balaban J connectivity index is 2.13. The maximum absolute atomic E-state index is 10.00. The van der Waals surface area contributed by atoms with Gasteiger partial charge in [0.15, 0.2) is 6.29 Å². The van der Waals surface area contributed by atoms with Crippen LogP contribution in [-0.4, -0.2) is 115 Å². The van der Waals surface area contributed by atoms with E-state index in [4.69, 9.17) is 24.4 Å². The normalized spacial score (nSPS) is 51.1. The second kappa shape index (κ2) is 7.21. The molecule has 0 aromatic rings. The van der Waals surface area contributed by atoms with E-state index in [2.05, 4.69) is 0 Å². The number of aliphatic hydroxyl groups excluding tert-OH is 7. The van der Waals surface area contributed by atoms with Crippen molar-refractivity contribution in [1.82, 2.24) is 0 Å². The van der Waals surface area contributed by atoms with Crippen LogP contribution in [0.15, 0.2) is 0 Å². The van der Waals surface area contributed by atoms with E-state index in [0.717, 1.165) is 0 Å². The minimum Gasteiger partial charge on any atom is -0.394 e. The maximum atomic E-state index is 10.00. The van der Waals surface area contributed by atoms with Crippen LogP contribution in [0.1, 0.15) is 0 Å². The summed E-state index contributed by atoms with van der Waals surface area (Å²) in [6.45, 7) is -2.32. The van der Waals surface area contributed by atoms with Gasteiger partial charge in [-0.3, -0.25) is 0 Å². The smallest absolute Gasteiger partial charge is 0.219 e. The van der Waals surface area contributed by atoms with Crippen molar-refractivity contribution in [2.75, 3.05) is 19.8 Å². The number of rotatable bonds is 5. The van der Waals surface area contributed by atoms with E-state index in [0.29, 0.717) is 0 Å². The summed E-state index contributed by atoms with van der Waals surface area (Å²) in [6.07, 6.45) is -12.2. The fourth-order valence-electron chi connectivity index (χ4n) is 2.63. The van der Waals surface area contributed by atoms with Gasteiger partial charge in [0.05, 0.1) is 19.8 Å². The molecule has 2 saturated heterocycles. The molecule has 0 aromatic carbocycles. The van der Waals surface area contributed by atoms with Crippen LogP contribution in [-0.2, 0) is 14.2 Å². The molecule has 0 amide bonds. The third-order valence-corrected chi connectivity index (χ3v) is 4.04. The predicted molar refractivity (Wildman–Crippen MR) is 68.6 cm³/mol. The fourth-order valence-corrected chi connectivity index (χ4v) is 2.63. The number of hydrogen-bond acceptors (Lipinski definition) is 11. The van der Waals surface area contributed by atoms with Crippen molar-refractivity contribution in [2.24, 2.45) is 0 Å². The molecule has 0 aliphatic carbocycles. The Hall–Kier alpha value is -0.440. The van der Waals surface area contributed by atoms with Crippen LogP contribution < -0.4 is 0 Å². The summed E-state index contributed by atoms with van der Waals surface area (Å²) in [5, 5.41) is 76.5. The lowest BCUT2D eigenvalue weighted by Crippen LogP contribution is -2.60. The zero-order valence-electron chi connectivity index (χ0n) is 12.0. The second-order valence-corrected chi connectivity index (χ2v) is 5.58. The average molecular weight is 342 g/mol. The third kappa shape index (κ3) is 3.36. The molecule has 2 aliphatic rings. The van der Waals surface area contributed by atoms with Gasteiger partial charge in [-0.2, -0.15) is 0 Å². The second-order valence-electron chi connectivity index (χ2n) is 5.58. The Labute approximate surface area is 130 Å². The van der Waals surface area contributed by atoms with Gasteiger partial charge in [-0.15, -0.1) is 0 Å². The van der Waals surface area contributed by atoms with Crippen molar-refractivity contribution in [3.63, 3.8) is 0 Å². The Morgan fingerprint density at radius 3 is 2.00 bits per heavy atom. The van der Waals surface area contributed by atoms with Gasteiger partial charge in [-0.05, 0) is 0 Å². The van der Waals surface area contributed by atoms with Gasteiger partial charge in [0.25, 0.3) is 0 Å². The predicted octanol–water partition coefficient (Wildman–Crippen LogP) is -5.40. The highest BCUT2D eigenvalue weighted by molar-refractivity contribution is 4.98. The molecule has 0 aromatic heterocycles. The first-order valence-electron chi connectivity index (χ1n) is 7.05. The molecular formula is C12H22O11. The lowest BCUT2D eigenvalue weighted by atomic mass is 9.99. The van der Waals surface area contributed by atoms with Crippen molar-refractivity contribution >= 4 is 0 Å². The molecule has 2 aliphatic heterocycles. The molecule has 11 nitrogen and oxygen atoms in total. The highest BCUT2D eigenvalue weighted by Gasteiger charge is 2.56. The minimum atomic E-state index is -2.37. The van der Waals surface area contributed by atoms with Crippen molar-refractivity contribution in [2.45, 2.75) is 54.8 Å². The molecule has 2 heterocycles. The van der Waals surface area contributed by atoms with Crippen LogP contribution >= 0.6 is 0 Å². The fraction of sp³-hybridized carbons (Fsp3) is 1.00. The number of ether oxygens (including phenoxy) is 3. The summed E-state index contributed by atoms with van der Waals surface area (Å²) in [6, 6.07) is 0. The van der Waals surface area contributed by atoms with E-state index in [1.54, 1.807) is 0 Å². The summed E-state index contributed by atoms with van der Waals surface area (Å²) >= 11 is 0. The minimum absolute atomic E-state index is 0.668. The van der Waals surface area contributed by atoms with Crippen LogP contribution in [0.2, 0.25) is 0 Å². The molecule has 0 radical (unpaired) electrons. The van der Waals surface area contributed by atoms with Crippen molar-refractivity contribution < 1.29 is 55.1 Å². The van der Waals surface area contributed by atoms with Gasteiger partial charge in [-0.1, -0.05) is 0 Å². The lowest BCUT2D eigenvalue weighted by Gasteiger charge is -2.41. The van der Waals surface area contributed by atoms with E-state index in [1.807, 2.05) is 0 Å². The lowest BCUT2D eigenvalue weighted by molar-refractivity contribution is -0.318. The quantitative estimate of drug-likeness (QED) is 0.238. The molecule has 136 valence electrons. The third-order valence-electron chi connectivity index (χ3n) is 4.04. The molecule has 0 saturated carbocycles. The van der Waals surface area contributed by atoms with Gasteiger partial charge < -0.3 is 55.1 Å². The van der Waals surface area contributed by atoms with E-state index in [1.165, 1.54) is 0 Å². The first-order chi connectivity index (χ1) is 10.8. The molecule has 8 N–H and O–H groups in total. The Morgan fingerprint density at radius 2 is 1.48 bits per heavy atom. The molecule has 23 heavy (non-hydrogen) atoms. The van der Waals surface area contributed by atoms with E-state index in [-0.39, 0.29) is 0 Å². The summed E-state index contributed by atoms with van der Waals surface area (Å²) in [7, 11) is 0. The largest absolute Gasteiger partial charge is 0.394 e. The van der Waals surface area contributed by atoms with Crippen LogP contribution in [0, 0.1) is 0 Å². The number of hydrogen-bond donors (Lipinski definition) is 8. The average Bonchev–Trinajstić information content (AvgIpc) is 2.80. The topological polar surface area (TPSA) is 190 Å². The highest BCUT2D eigenvalue weighted by atomic mass is 16.7. The van der Waals surface area contributed by atoms with Gasteiger partial charge in [0, 0.05) is 0 Å². The zero-order valence-corrected chi connectivity index (χ0v) is 12.0. The SMILES string of the molecule is OC[C@@H]1O[C@H](O[C@@H]2[C@H](CO)O[C@@](O)(CO)[C@@H]2O)[C@H](O)[C@H](O)[C@@H]1O. The van der Waals surface area contributed by atoms with Crippen molar-refractivity contribution in [3.05, 3.63) is 0 Å². The monoisotopic (exact) mass is 342 g/mol. The molecular weight excluding hydrogens is 320 g/mol. The highest BCUT2D eigenvalue weighted by Crippen LogP contribution is 2.33. The van der Waals surface area contributed by atoms with E-state index in [9.17, 15) is 30.6 Å². The van der Waals surface area contributed by atoms with Crippen molar-refractivity contribution in [3.8, 4) is 0 Å². The summed E-state index contributed by atoms with van der Waals surface area (Å²) in [5.74, 6) is -2.37. The van der Waals surface area contributed by atoms with Crippen molar-refractivity contribution in [1.29, 1.82) is 0 Å². The van der Waals surface area contributed by atoms with Gasteiger partial charge in [0.1, 0.15) is 42.7 Å². The van der Waals surface area contributed by atoms with Crippen LogP contribution in [0.25, 0.3) is 0 Å². The molecule has 2 fully saturated rings. The molecule has 9 atom stereocenters. The Kier molecular flexibility index (Phi) is 5.92. The Bertz CT molecular complexity index is 393. The zero-order chi connectivity index (χ0) is 17.4. The number of aliphatic hydroxyl groups is 8. The molecule has 0 bridgehead atoms. The van der Waals surface area contributed by atoms with E-state index >= 15 is 0 Å². The summed E-state index contributed by atoms with van der Waals surface area (Å²) in [5.41, 5.74) is 0. The summed E-state index contributed by atoms with van der Waals surface area (Å²) in [4.78, 5) is 0. The molecule has 0 unspecified atom stereocenters.